The van der Waals surface area contributed by atoms with Gasteiger partial charge < -0.3 is 25.5 Å². The molecule has 192 valence electrons. The van der Waals surface area contributed by atoms with E-state index in [9.17, 15) is 31.5 Å². The highest BCUT2D eigenvalue weighted by atomic mass is 32.2. The van der Waals surface area contributed by atoms with E-state index in [0.29, 0.717) is 23.9 Å². The van der Waals surface area contributed by atoms with Crippen molar-refractivity contribution >= 4 is 21.5 Å². The van der Waals surface area contributed by atoms with Gasteiger partial charge in [0, 0.05) is 18.5 Å². The first-order valence-electron chi connectivity index (χ1n) is 10.2. The second-order valence-electron chi connectivity index (χ2n) is 7.86. The summed E-state index contributed by atoms with van der Waals surface area (Å²) in [5, 5.41) is 9.42. The lowest BCUT2D eigenvalue weighted by Crippen LogP contribution is -2.22. The van der Waals surface area contributed by atoms with Crippen LogP contribution in [0.25, 0.3) is 11.3 Å². The molecule has 13 heteroatoms. The lowest BCUT2D eigenvalue weighted by molar-refractivity contribution is -0.142. The zero-order chi connectivity index (χ0) is 26.4. The van der Waals surface area contributed by atoms with E-state index in [1.165, 1.54) is 24.3 Å². The van der Waals surface area contributed by atoms with Gasteiger partial charge in [0.05, 0.1) is 22.9 Å². The number of rotatable bonds is 10. The van der Waals surface area contributed by atoms with Crippen LogP contribution in [0.3, 0.4) is 0 Å². The number of benzene rings is 1. The highest BCUT2D eigenvalue weighted by Crippen LogP contribution is 2.26. The number of aromatic amines is 1. The van der Waals surface area contributed by atoms with Crippen LogP contribution in [-0.2, 0) is 26.0 Å². The van der Waals surface area contributed by atoms with E-state index in [1.807, 2.05) is 0 Å². The van der Waals surface area contributed by atoms with Gasteiger partial charge in [-0.3, -0.25) is 9.79 Å². The van der Waals surface area contributed by atoms with Gasteiger partial charge in [0.2, 0.25) is 0 Å². The number of hydrogen-bond acceptors (Lipinski definition) is 8. The number of sulfone groups is 1. The van der Waals surface area contributed by atoms with Gasteiger partial charge in [0.25, 0.3) is 0 Å². The Bertz CT molecular complexity index is 1220. The minimum Gasteiger partial charge on any atom is -0.463 e. The third kappa shape index (κ3) is 8.23. The van der Waals surface area contributed by atoms with Gasteiger partial charge >= 0.3 is 12.1 Å². The van der Waals surface area contributed by atoms with Crippen LogP contribution >= 0.6 is 0 Å². The Morgan fingerprint density at radius 2 is 1.94 bits per heavy atom. The molecular weight excluding hydrogens is 489 g/mol. The molecule has 0 aliphatic rings. The van der Waals surface area contributed by atoms with E-state index in [1.54, 1.807) is 25.1 Å². The second kappa shape index (κ2) is 11.5. The largest absolute Gasteiger partial charge is 0.463 e. The number of nitrogens with one attached hydrogen (secondary N) is 1. The molecule has 0 atom stereocenters. The Hall–Kier alpha value is -3.16. The summed E-state index contributed by atoms with van der Waals surface area (Å²) < 4.78 is 68.2. The number of carbonyl (C=O) groups is 1. The fourth-order valence-electron chi connectivity index (χ4n) is 2.89. The third-order valence-electron chi connectivity index (χ3n) is 4.71. The molecular formula is C22H27F3N4O5S. The summed E-state index contributed by atoms with van der Waals surface area (Å²) in [7, 11) is -0.0811. The Kier molecular flexibility index (Phi) is 9.24. The molecule has 0 saturated heterocycles. The first-order valence-corrected chi connectivity index (χ1v) is 12.1. The smallest absolute Gasteiger partial charge is 0.430 e. The maximum Gasteiger partial charge on any atom is 0.430 e. The number of esters is 1. The molecule has 1 aromatic heterocycles. The molecule has 2 aromatic rings. The van der Waals surface area contributed by atoms with Crippen LogP contribution in [0.4, 0.5) is 13.2 Å². The minimum absolute atomic E-state index is 0.0794. The van der Waals surface area contributed by atoms with Gasteiger partial charge in [0.15, 0.2) is 9.84 Å². The molecule has 1 aromatic carbocycles. The molecule has 0 fully saturated rings. The van der Waals surface area contributed by atoms with Crippen molar-refractivity contribution in [1.82, 2.24) is 9.88 Å². The lowest BCUT2D eigenvalue weighted by atomic mass is 10.1. The van der Waals surface area contributed by atoms with Gasteiger partial charge in [0.1, 0.15) is 18.8 Å². The van der Waals surface area contributed by atoms with Crippen LogP contribution in [0.1, 0.15) is 11.3 Å². The normalized spacial score (nSPS) is 13.4. The van der Waals surface area contributed by atoms with E-state index in [-0.39, 0.29) is 28.5 Å². The number of H-pyrrole nitrogens is 1. The maximum atomic E-state index is 13.0. The first kappa shape index (κ1) is 28.1. The Labute approximate surface area is 201 Å². The van der Waals surface area contributed by atoms with Crippen LogP contribution < -0.4 is 5.73 Å². The number of nitrogens with zero attached hydrogens (tertiary/aromatic N) is 2. The number of aliphatic hydroxyl groups excluding tert-OH is 1. The molecule has 0 unspecified atom stereocenters. The highest BCUT2D eigenvalue weighted by Gasteiger charge is 2.32. The average molecular weight is 517 g/mol. The monoisotopic (exact) mass is 516 g/mol. The van der Waals surface area contributed by atoms with Crippen molar-refractivity contribution in [3.63, 3.8) is 0 Å². The lowest BCUT2D eigenvalue weighted by Gasteiger charge is -2.10. The number of aliphatic hydroxyl groups is 1. The molecule has 35 heavy (non-hydrogen) atoms. The number of halogens is 3. The van der Waals surface area contributed by atoms with Crippen LogP contribution in [0.5, 0.6) is 0 Å². The van der Waals surface area contributed by atoms with E-state index in [2.05, 4.69) is 9.98 Å². The topological polar surface area (TPSA) is 138 Å². The molecule has 2 rings (SSSR count). The van der Waals surface area contributed by atoms with Crippen LogP contribution in [0.2, 0.25) is 0 Å². The van der Waals surface area contributed by atoms with Gasteiger partial charge in [-0.2, -0.15) is 13.2 Å². The summed E-state index contributed by atoms with van der Waals surface area (Å²) in [5.41, 5.74) is 4.59. The molecule has 0 aliphatic carbocycles. The molecule has 0 spiro atoms. The van der Waals surface area contributed by atoms with Gasteiger partial charge in [-0.15, -0.1) is 0 Å². The number of nitrogens with two attached hydrogens (primary N) is 1. The van der Waals surface area contributed by atoms with Crippen LogP contribution in [-0.4, -0.2) is 81.3 Å². The number of alkyl halides is 3. The molecule has 1 heterocycles. The zero-order valence-electron chi connectivity index (χ0n) is 19.4. The van der Waals surface area contributed by atoms with Crippen molar-refractivity contribution < 1.29 is 36.2 Å². The van der Waals surface area contributed by atoms with Crippen molar-refractivity contribution in [2.24, 2.45) is 10.7 Å². The number of aromatic nitrogens is 1. The summed E-state index contributed by atoms with van der Waals surface area (Å²) >= 11 is 0. The number of carbonyl (C=O) groups excluding carboxylic acids is 1. The van der Waals surface area contributed by atoms with Crippen molar-refractivity contribution in [3.05, 3.63) is 53.4 Å². The van der Waals surface area contributed by atoms with Gasteiger partial charge in [-0.1, -0.05) is 12.1 Å². The first-order chi connectivity index (χ1) is 16.2. The summed E-state index contributed by atoms with van der Waals surface area (Å²) in [6.45, 7) is -0.464. The predicted molar refractivity (Wildman–Crippen MR) is 125 cm³/mol. The van der Waals surface area contributed by atoms with Gasteiger partial charge in [-0.05, 0) is 49.5 Å². The Morgan fingerprint density at radius 1 is 1.26 bits per heavy atom. The SMILES string of the molecule is CN(C)CCOC(=O)CN=C(C=C(N)C(F)(F)F)c1ccc(-c2ccc(CO)c(S(C)(=O)=O)c2)[nH]1. The number of aliphatic imine (C=N–C) groups is 1. The van der Waals surface area contributed by atoms with Crippen molar-refractivity contribution in [2.45, 2.75) is 17.7 Å². The molecule has 4 N–H and O–H groups in total. The summed E-state index contributed by atoms with van der Waals surface area (Å²) in [5.74, 6) is -0.729. The summed E-state index contributed by atoms with van der Waals surface area (Å²) in [6.07, 6.45) is -3.22. The fourth-order valence-corrected chi connectivity index (χ4v) is 3.84. The quantitative estimate of drug-likeness (QED) is 0.324. The van der Waals surface area contributed by atoms with Gasteiger partial charge in [-0.25, -0.2) is 8.42 Å². The number of likely N-dealkylation sites (N-methyl/N-ethyl adjacent to an activating group) is 1. The predicted octanol–water partition coefficient (Wildman–Crippen LogP) is 1.88. The van der Waals surface area contributed by atoms with Crippen molar-refractivity contribution in [1.29, 1.82) is 0 Å². The van der Waals surface area contributed by atoms with E-state index < -0.39 is 40.8 Å². The molecule has 0 bridgehead atoms. The van der Waals surface area contributed by atoms with Crippen LogP contribution in [0.15, 0.2) is 52.0 Å². The summed E-state index contributed by atoms with van der Waals surface area (Å²) in [4.78, 5) is 20.5. The Morgan fingerprint density at radius 3 is 2.51 bits per heavy atom. The van der Waals surface area contributed by atoms with Crippen LogP contribution in [0, 0.1) is 0 Å². The molecule has 0 saturated carbocycles. The van der Waals surface area contributed by atoms with E-state index in [0.717, 1.165) is 6.26 Å². The average Bonchev–Trinajstić information content (AvgIpc) is 3.24. The third-order valence-corrected chi connectivity index (χ3v) is 5.89. The molecule has 0 aliphatic heterocycles. The summed E-state index contributed by atoms with van der Waals surface area (Å²) in [6, 6.07) is 7.26. The number of hydrogen-bond donors (Lipinski definition) is 3. The number of allylic oxidation sites excluding steroid dienone is 2. The molecule has 0 amide bonds. The van der Waals surface area contributed by atoms with E-state index in [4.69, 9.17) is 10.5 Å². The number of ether oxygens (including phenoxy) is 1. The fraction of sp³-hybridized carbons (Fsp3) is 0.364. The highest BCUT2D eigenvalue weighted by molar-refractivity contribution is 7.90. The second-order valence-corrected chi connectivity index (χ2v) is 9.85. The maximum absolute atomic E-state index is 13.0. The Balaban J connectivity index is 2.41. The standard InChI is InChI=1S/C22H27F3N4O5S/c1-29(2)8-9-34-21(31)12-27-18(11-20(26)22(23,24)25)17-7-6-16(28-17)14-4-5-15(13-30)19(10-14)35(3,32)33/h4-7,10-11,28,30H,8-9,12-13,26H2,1-3H3. The van der Waals surface area contributed by atoms with E-state index >= 15 is 0 Å². The van der Waals surface area contributed by atoms with Crippen molar-refractivity contribution in [3.8, 4) is 11.3 Å². The molecule has 0 radical (unpaired) electrons. The molecule has 9 nitrogen and oxygen atoms in total. The van der Waals surface area contributed by atoms with Crippen molar-refractivity contribution in [2.75, 3.05) is 40.0 Å². The minimum atomic E-state index is -4.81. The zero-order valence-corrected chi connectivity index (χ0v) is 20.2.